The maximum Gasteiger partial charge on any atom is 0.258 e. The SMILES string of the molecule is CCCC.Cc1cc[c]([AlH2])cc1. The lowest BCUT2D eigenvalue weighted by molar-refractivity contribution is 0.886. The number of aryl methyl sites for hydroxylation is 1. The smallest absolute Gasteiger partial charge is 0.121 e. The molecule has 1 aromatic carbocycles. The van der Waals surface area contributed by atoms with E-state index < -0.39 is 0 Å². The minimum Gasteiger partial charge on any atom is -0.121 e. The predicted molar refractivity (Wildman–Crippen MR) is 59.9 cm³/mol. The van der Waals surface area contributed by atoms with Gasteiger partial charge < -0.3 is 0 Å². The van der Waals surface area contributed by atoms with Crippen LogP contribution in [-0.2, 0) is 0 Å². The first-order chi connectivity index (χ1) is 5.70. The van der Waals surface area contributed by atoms with Gasteiger partial charge in [-0.05, 0) is 6.92 Å². The average Bonchev–Trinajstić information content (AvgIpc) is 2.11. The Balaban J connectivity index is 0.000000261. The highest BCUT2D eigenvalue weighted by Gasteiger charge is 1.80. The summed E-state index contributed by atoms with van der Waals surface area (Å²) in [5.41, 5.74) is 1.35. The van der Waals surface area contributed by atoms with E-state index in [0.29, 0.717) is 0 Å². The van der Waals surface area contributed by atoms with E-state index >= 15 is 0 Å². The topological polar surface area (TPSA) is 0 Å². The van der Waals surface area contributed by atoms with Gasteiger partial charge in [-0.25, -0.2) is 0 Å². The van der Waals surface area contributed by atoms with E-state index in [4.69, 9.17) is 0 Å². The summed E-state index contributed by atoms with van der Waals surface area (Å²) in [4.78, 5) is 0. The number of hydrogen-bond donors (Lipinski definition) is 0. The molecule has 0 nitrogen and oxygen atoms in total. The van der Waals surface area contributed by atoms with Crippen LogP contribution in [0.3, 0.4) is 0 Å². The first-order valence-corrected chi connectivity index (χ1v) is 5.74. The van der Waals surface area contributed by atoms with Gasteiger partial charge in [0.1, 0.15) is 0 Å². The summed E-state index contributed by atoms with van der Waals surface area (Å²) in [5.74, 6) is 0. The molecule has 0 heterocycles. The summed E-state index contributed by atoms with van der Waals surface area (Å²) < 4.78 is 1.47. The van der Waals surface area contributed by atoms with Crippen LogP contribution in [0.25, 0.3) is 0 Å². The van der Waals surface area contributed by atoms with Crippen LogP contribution in [0.5, 0.6) is 0 Å². The van der Waals surface area contributed by atoms with Gasteiger partial charge in [-0.15, -0.1) is 4.43 Å². The molecule has 0 N–H and O–H groups in total. The zero-order valence-corrected chi connectivity index (χ0v) is 10.7. The molecule has 1 aromatic rings. The lowest BCUT2D eigenvalue weighted by atomic mass is 10.2. The first kappa shape index (κ1) is 11.8. The Bertz CT molecular complexity index is 166. The van der Waals surface area contributed by atoms with Gasteiger partial charge in [0.25, 0.3) is 16.3 Å². The lowest BCUT2D eigenvalue weighted by Gasteiger charge is -1.90. The molecule has 0 fully saturated rings. The average molecular weight is 178 g/mol. The summed E-state index contributed by atoms with van der Waals surface area (Å²) in [6.45, 7) is 6.47. The first-order valence-electron chi connectivity index (χ1n) is 4.74. The molecule has 0 spiro atoms. The molecule has 0 amide bonds. The number of rotatable bonds is 1. The van der Waals surface area contributed by atoms with Crippen molar-refractivity contribution >= 4 is 20.7 Å². The Kier molecular flexibility index (Phi) is 7.25. The van der Waals surface area contributed by atoms with Crippen LogP contribution in [-0.4, -0.2) is 16.3 Å². The molecule has 0 aliphatic rings. The second-order valence-corrected chi connectivity index (χ2v) is 4.31. The Labute approximate surface area is 84.4 Å². The third-order valence-electron chi connectivity index (χ3n) is 1.72. The molecule has 66 valence electrons. The highest BCUT2D eigenvalue weighted by atomic mass is 27.0. The number of hydrogen-bond acceptors (Lipinski definition) is 0. The molecule has 0 aliphatic carbocycles. The molecule has 0 bridgehead atoms. The summed E-state index contributed by atoms with van der Waals surface area (Å²) in [7, 11) is 0. The van der Waals surface area contributed by atoms with Crippen molar-refractivity contribution in [2.45, 2.75) is 33.6 Å². The minimum atomic E-state index is 1.17. The normalized spacial score (nSPS) is 8.58. The van der Waals surface area contributed by atoms with E-state index in [1.165, 1.54) is 39.1 Å². The van der Waals surface area contributed by atoms with E-state index in [9.17, 15) is 0 Å². The van der Waals surface area contributed by atoms with Crippen molar-refractivity contribution in [2.24, 2.45) is 0 Å². The predicted octanol–water partition coefficient (Wildman–Crippen LogP) is 2.06. The van der Waals surface area contributed by atoms with Gasteiger partial charge >= 0.3 is 0 Å². The van der Waals surface area contributed by atoms with Crippen molar-refractivity contribution in [3.8, 4) is 0 Å². The molecular formula is C11H19Al. The molecule has 1 heteroatoms. The number of benzene rings is 1. The molecule has 0 radical (unpaired) electrons. The Morgan fingerprint density at radius 3 is 1.67 bits per heavy atom. The highest BCUT2D eigenvalue weighted by Crippen LogP contribution is 1.90. The van der Waals surface area contributed by atoms with Crippen molar-refractivity contribution in [3.63, 3.8) is 0 Å². The van der Waals surface area contributed by atoms with E-state index in [-0.39, 0.29) is 0 Å². The third kappa shape index (κ3) is 6.46. The summed E-state index contributed by atoms with van der Waals surface area (Å²) >= 11 is 1.17. The highest BCUT2D eigenvalue weighted by molar-refractivity contribution is 6.32. The molecule has 0 atom stereocenters. The lowest BCUT2D eigenvalue weighted by Crippen LogP contribution is -1.98. The van der Waals surface area contributed by atoms with Crippen molar-refractivity contribution in [1.82, 2.24) is 0 Å². The quantitative estimate of drug-likeness (QED) is 0.577. The van der Waals surface area contributed by atoms with Crippen molar-refractivity contribution in [3.05, 3.63) is 29.8 Å². The van der Waals surface area contributed by atoms with Gasteiger partial charge in [-0.3, -0.25) is 0 Å². The molecule has 0 saturated heterocycles. The molecule has 0 saturated carbocycles. The van der Waals surface area contributed by atoms with Crippen LogP contribution in [0.15, 0.2) is 24.3 Å². The Morgan fingerprint density at radius 1 is 1.00 bits per heavy atom. The van der Waals surface area contributed by atoms with Gasteiger partial charge in [-0.2, -0.15) is 0 Å². The summed E-state index contributed by atoms with van der Waals surface area (Å²) in [5, 5.41) is 0. The van der Waals surface area contributed by atoms with Crippen molar-refractivity contribution in [2.75, 3.05) is 0 Å². The Morgan fingerprint density at radius 2 is 1.42 bits per heavy atom. The zero-order chi connectivity index (χ0) is 9.40. The van der Waals surface area contributed by atoms with Crippen molar-refractivity contribution in [1.29, 1.82) is 0 Å². The minimum absolute atomic E-state index is 1.17. The van der Waals surface area contributed by atoms with E-state index in [2.05, 4.69) is 45.0 Å². The fourth-order valence-corrected chi connectivity index (χ4v) is 0.970. The van der Waals surface area contributed by atoms with Gasteiger partial charge in [0.05, 0.1) is 0 Å². The van der Waals surface area contributed by atoms with Crippen LogP contribution in [0.2, 0.25) is 0 Å². The van der Waals surface area contributed by atoms with E-state index in [1.807, 2.05) is 0 Å². The molecule has 1 rings (SSSR count). The summed E-state index contributed by atoms with van der Waals surface area (Å²) in [6, 6.07) is 8.67. The van der Waals surface area contributed by atoms with E-state index in [0.717, 1.165) is 0 Å². The standard InChI is InChI=1S/C7H7.C4H10.Al.2H/c1-7-5-3-2-4-6-7;1-3-4-2;;;/h3-6H,1H3;3-4H2,1-2H3;;;. The fourth-order valence-electron chi connectivity index (χ4n) is 0.637. The number of unbranched alkanes of at least 4 members (excludes halogenated alkanes) is 1. The zero-order valence-electron chi connectivity index (χ0n) is 8.72. The maximum atomic E-state index is 2.18. The van der Waals surface area contributed by atoms with E-state index in [1.54, 1.807) is 0 Å². The monoisotopic (exact) mass is 178 g/mol. The largest absolute Gasteiger partial charge is 0.258 e. The molecule has 0 aromatic heterocycles. The fraction of sp³-hybridized carbons (Fsp3) is 0.455. The van der Waals surface area contributed by atoms with Crippen LogP contribution in [0.1, 0.15) is 32.3 Å². The molecule has 0 aliphatic heterocycles. The van der Waals surface area contributed by atoms with Crippen LogP contribution < -0.4 is 4.43 Å². The maximum absolute atomic E-state index is 2.18. The summed E-state index contributed by atoms with van der Waals surface area (Å²) in [6.07, 6.45) is 2.64. The van der Waals surface area contributed by atoms with Crippen LogP contribution in [0, 0.1) is 6.92 Å². The van der Waals surface area contributed by atoms with Gasteiger partial charge in [0.15, 0.2) is 0 Å². The Hall–Kier alpha value is -0.248. The molecule has 0 unspecified atom stereocenters. The van der Waals surface area contributed by atoms with Crippen LogP contribution in [0.4, 0.5) is 0 Å². The second kappa shape index (κ2) is 7.40. The van der Waals surface area contributed by atoms with Gasteiger partial charge in [-0.1, -0.05) is 56.5 Å². The van der Waals surface area contributed by atoms with Gasteiger partial charge in [0.2, 0.25) is 0 Å². The molecular weight excluding hydrogens is 159 g/mol. The third-order valence-corrected chi connectivity index (χ3v) is 2.38. The molecule has 12 heavy (non-hydrogen) atoms. The second-order valence-electron chi connectivity index (χ2n) is 3.15. The van der Waals surface area contributed by atoms with Gasteiger partial charge in [0, 0.05) is 0 Å². The van der Waals surface area contributed by atoms with Crippen molar-refractivity contribution < 1.29 is 0 Å². The van der Waals surface area contributed by atoms with Crippen LogP contribution >= 0.6 is 0 Å².